The second-order valence-corrected chi connectivity index (χ2v) is 7.49. The molecule has 0 radical (unpaired) electrons. The Morgan fingerprint density at radius 1 is 0.739 bits per heavy atom. The van der Waals surface area contributed by atoms with E-state index in [4.69, 9.17) is 0 Å². The summed E-state index contributed by atoms with van der Waals surface area (Å²) < 4.78 is 0. The van der Waals surface area contributed by atoms with Crippen molar-refractivity contribution < 1.29 is 0 Å². The summed E-state index contributed by atoms with van der Waals surface area (Å²) in [7, 11) is 0. The van der Waals surface area contributed by atoms with Gasteiger partial charge in [-0.25, -0.2) is 0 Å². The van der Waals surface area contributed by atoms with Crippen LogP contribution < -0.4 is 0 Å². The molecule has 0 heterocycles. The van der Waals surface area contributed by atoms with E-state index >= 15 is 0 Å². The molecule has 0 aromatic heterocycles. The fraction of sp³-hybridized carbons (Fsp3) is 0.304. The van der Waals surface area contributed by atoms with E-state index in [9.17, 15) is 0 Å². The van der Waals surface area contributed by atoms with Crippen LogP contribution in [0.1, 0.15) is 55.9 Å². The lowest BCUT2D eigenvalue weighted by molar-refractivity contribution is 0.604. The molecule has 2 aliphatic rings. The van der Waals surface area contributed by atoms with Crippen molar-refractivity contribution in [1.29, 1.82) is 0 Å². The lowest BCUT2D eigenvalue weighted by Crippen LogP contribution is -2.18. The summed E-state index contributed by atoms with van der Waals surface area (Å²) >= 11 is 0. The molecule has 2 aromatic carbocycles. The van der Waals surface area contributed by atoms with Gasteiger partial charge in [0.1, 0.15) is 0 Å². The first-order valence-corrected chi connectivity index (χ1v) is 8.61. The van der Waals surface area contributed by atoms with Crippen molar-refractivity contribution in [2.24, 2.45) is 0 Å². The van der Waals surface area contributed by atoms with E-state index < -0.39 is 0 Å². The average molecular weight is 300 g/mol. The van der Waals surface area contributed by atoms with Crippen molar-refractivity contribution in [1.82, 2.24) is 0 Å². The lowest BCUT2D eigenvalue weighted by atomic mass is 9.75. The van der Waals surface area contributed by atoms with Crippen molar-refractivity contribution in [3.8, 4) is 0 Å². The molecular weight excluding hydrogens is 276 g/mol. The summed E-state index contributed by atoms with van der Waals surface area (Å²) in [6, 6.07) is 17.8. The lowest BCUT2D eigenvalue weighted by Gasteiger charge is -2.29. The van der Waals surface area contributed by atoms with E-state index in [1.54, 1.807) is 5.57 Å². The summed E-state index contributed by atoms with van der Waals surface area (Å²) in [6.45, 7) is 9.34. The van der Waals surface area contributed by atoms with Gasteiger partial charge in [0.05, 0.1) is 0 Å². The SMILES string of the molecule is CC1=C(c2ccccc2C)C2=C(CC1)C(C)(C)c1ccccc12. The maximum Gasteiger partial charge on any atom is 0.0121 e. The Morgan fingerprint density at radius 3 is 2.13 bits per heavy atom. The molecule has 0 atom stereocenters. The van der Waals surface area contributed by atoms with Gasteiger partial charge in [-0.15, -0.1) is 0 Å². The molecule has 4 rings (SSSR count). The number of hydrogen-bond donors (Lipinski definition) is 0. The summed E-state index contributed by atoms with van der Waals surface area (Å²) in [5, 5.41) is 0. The van der Waals surface area contributed by atoms with Crippen molar-refractivity contribution >= 4 is 11.1 Å². The van der Waals surface area contributed by atoms with E-state index in [-0.39, 0.29) is 5.41 Å². The highest BCUT2D eigenvalue weighted by molar-refractivity contribution is 6.11. The summed E-state index contributed by atoms with van der Waals surface area (Å²) in [5.74, 6) is 0. The zero-order chi connectivity index (χ0) is 16.2. The highest BCUT2D eigenvalue weighted by Crippen LogP contribution is 2.55. The third-order valence-electron chi connectivity index (χ3n) is 5.77. The molecule has 0 aliphatic heterocycles. The van der Waals surface area contributed by atoms with Crippen molar-refractivity contribution in [2.45, 2.75) is 46.0 Å². The van der Waals surface area contributed by atoms with Crippen LogP contribution in [0.3, 0.4) is 0 Å². The Bertz CT molecular complexity index is 859. The molecule has 2 aromatic rings. The zero-order valence-electron chi connectivity index (χ0n) is 14.5. The summed E-state index contributed by atoms with van der Waals surface area (Å²) in [4.78, 5) is 0. The van der Waals surface area contributed by atoms with E-state index in [2.05, 4.69) is 76.2 Å². The van der Waals surface area contributed by atoms with Crippen LogP contribution in [0.15, 0.2) is 59.7 Å². The van der Waals surface area contributed by atoms with Gasteiger partial charge in [-0.3, -0.25) is 0 Å². The molecule has 0 saturated heterocycles. The third-order valence-corrected chi connectivity index (χ3v) is 5.77. The Kier molecular flexibility index (Phi) is 3.13. The van der Waals surface area contributed by atoms with Gasteiger partial charge in [-0.05, 0) is 60.1 Å². The highest BCUT2D eigenvalue weighted by atomic mass is 14.4. The molecule has 116 valence electrons. The van der Waals surface area contributed by atoms with Crippen LogP contribution in [0.2, 0.25) is 0 Å². The maximum atomic E-state index is 2.39. The smallest absolute Gasteiger partial charge is 0.0121 e. The molecule has 0 bridgehead atoms. The van der Waals surface area contributed by atoms with E-state index in [0.717, 1.165) is 0 Å². The van der Waals surface area contributed by atoms with Crippen LogP contribution in [0.25, 0.3) is 11.1 Å². The fourth-order valence-electron chi connectivity index (χ4n) is 4.48. The van der Waals surface area contributed by atoms with Crippen molar-refractivity contribution in [3.63, 3.8) is 0 Å². The molecule has 0 nitrogen and oxygen atoms in total. The highest BCUT2D eigenvalue weighted by Gasteiger charge is 2.40. The Labute approximate surface area is 139 Å². The van der Waals surface area contributed by atoms with Crippen LogP contribution in [-0.2, 0) is 5.41 Å². The van der Waals surface area contributed by atoms with Crippen LogP contribution in [0, 0.1) is 6.92 Å². The van der Waals surface area contributed by atoms with Gasteiger partial charge in [0.2, 0.25) is 0 Å². The van der Waals surface area contributed by atoms with E-state index in [1.807, 2.05) is 0 Å². The van der Waals surface area contributed by atoms with Gasteiger partial charge in [-0.1, -0.05) is 73.5 Å². The molecule has 0 heteroatoms. The van der Waals surface area contributed by atoms with Crippen LogP contribution in [-0.4, -0.2) is 0 Å². The topological polar surface area (TPSA) is 0 Å². The van der Waals surface area contributed by atoms with Gasteiger partial charge < -0.3 is 0 Å². The monoisotopic (exact) mass is 300 g/mol. The van der Waals surface area contributed by atoms with E-state index in [1.165, 1.54) is 51.8 Å². The number of benzene rings is 2. The maximum absolute atomic E-state index is 2.39. The number of rotatable bonds is 1. The third kappa shape index (κ3) is 1.97. The Morgan fingerprint density at radius 2 is 1.39 bits per heavy atom. The van der Waals surface area contributed by atoms with Crippen LogP contribution in [0.5, 0.6) is 0 Å². The molecule has 2 aliphatic carbocycles. The largest absolute Gasteiger partial charge is 0.0645 e. The first-order valence-electron chi connectivity index (χ1n) is 8.61. The molecule has 0 spiro atoms. The minimum absolute atomic E-state index is 0.153. The molecule has 0 fully saturated rings. The van der Waals surface area contributed by atoms with Crippen molar-refractivity contribution in [3.05, 3.63) is 81.9 Å². The molecule has 23 heavy (non-hydrogen) atoms. The number of fused-ring (bicyclic) bond motifs is 2. The first kappa shape index (κ1) is 14.5. The fourth-order valence-corrected chi connectivity index (χ4v) is 4.48. The van der Waals surface area contributed by atoms with Gasteiger partial charge >= 0.3 is 0 Å². The van der Waals surface area contributed by atoms with Gasteiger partial charge in [0, 0.05) is 5.41 Å². The zero-order valence-corrected chi connectivity index (χ0v) is 14.5. The summed E-state index contributed by atoms with van der Waals surface area (Å²) in [6.07, 6.45) is 2.37. The minimum Gasteiger partial charge on any atom is -0.0645 e. The normalized spacial score (nSPS) is 19.0. The second kappa shape index (κ2) is 4.96. The number of aryl methyl sites for hydroxylation is 1. The number of hydrogen-bond acceptors (Lipinski definition) is 0. The molecule has 0 saturated carbocycles. The average Bonchev–Trinajstić information content (AvgIpc) is 2.77. The molecule has 0 N–H and O–H groups in total. The minimum atomic E-state index is 0.153. The Hall–Kier alpha value is -2.08. The molecule has 0 unspecified atom stereocenters. The molecular formula is C23H24. The van der Waals surface area contributed by atoms with E-state index in [0.29, 0.717) is 0 Å². The molecule has 0 amide bonds. The Balaban J connectivity index is 2.03. The predicted molar refractivity (Wildman–Crippen MR) is 99.4 cm³/mol. The standard InChI is InChI=1S/C23H24/c1-15-9-5-6-10-17(15)21-16(2)13-14-20-22(21)18-11-7-8-12-19(18)23(20,3)4/h5-12H,13-14H2,1-4H3. The van der Waals surface area contributed by atoms with Gasteiger partial charge in [0.25, 0.3) is 0 Å². The number of allylic oxidation sites excluding steroid dienone is 4. The summed E-state index contributed by atoms with van der Waals surface area (Å²) in [5.41, 5.74) is 12.0. The van der Waals surface area contributed by atoms with Gasteiger partial charge in [0.15, 0.2) is 0 Å². The van der Waals surface area contributed by atoms with Gasteiger partial charge in [-0.2, -0.15) is 0 Å². The first-order chi connectivity index (χ1) is 11.0. The second-order valence-electron chi connectivity index (χ2n) is 7.49. The van der Waals surface area contributed by atoms with Crippen LogP contribution >= 0.6 is 0 Å². The van der Waals surface area contributed by atoms with Crippen molar-refractivity contribution in [2.75, 3.05) is 0 Å². The van der Waals surface area contributed by atoms with Crippen LogP contribution in [0.4, 0.5) is 0 Å². The quantitative estimate of drug-likeness (QED) is 0.579. The predicted octanol–water partition coefficient (Wildman–Crippen LogP) is 6.31.